The first-order chi connectivity index (χ1) is 13.0. The summed E-state index contributed by atoms with van der Waals surface area (Å²) in [5.41, 5.74) is 2.97. The molecule has 0 radical (unpaired) electrons. The van der Waals surface area contributed by atoms with E-state index in [0.29, 0.717) is 35.2 Å². The van der Waals surface area contributed by atoms with Crippen molar-refractivity contribution in [3.8, 4) is 11.5 Å². The molecule has 0 bridgehead atoms. The van der Waals surface area contributed by atoms with Crippen molar-refractivity contribution in [1.82, 2.24) is 10.3 Å². The third-order valence-corrected chi connectivity index (χ3v) is 4.86. The fourth-order valence-corrected chi connectivity index (χ4v) is 3.34. The van der Waals surface area contributed by atoms with Gasteiger partial charge in [0.25, 0.3) is 5.91 Å². The second-order valence-electron chi connectivity index (χ2n) is 6.56. The molecule has 27 heavy (non-hydrogen) atoms. The maximum atomic E-state index is 12.8. The number of carbonyl (C=O) groups is 1. The smallest absolute Gasteiger partial charge is 0.253 e. The molecule has 2 heterocycles. The van der Waals surface area contributed by atoms with Gasteiger partial charge < -0.3 is 14.8 Å². The second kappa shape index (κ2) is 7.08. The summed E-state index contributed by atoms with van der Waals surface area (Å²) in [4.78, 5) is 17.3. The lowest BCUT2D eigenvalue weighted by atomic mass is 10.1. The molecule has 0 spiro atoms. The Labute approximate surface area is 162 Å². The largest absolute Gasteiger partial charge is 0.486 e. The molecule has 0 saturated carbocycles. The summed E-state index contributed by atoms with van der Waals surface area (Å²) < 4.78 is 11.2. The third-order valence-electron chi connectivity index (χ3n) is 4.63. The minimum atomic E-state index is -0.192. The molecule has 1 unspecified atom stereocenters. The Hall–Kier alpha value is -2.79. The van der Waals surface area contributed by atoms with Crippen LogP contribution in [0.5, 0.6) is 11.5 Å². The lowest BCUT2D eigenvalue weighted by Gasteiger charge is -2.21. The van der Waals surface area contributed by atoms with Gasteiger partial charge in [-0.05, 0) is 55.8 Å². The molecule has 1 N–H and O–H groups in total. The predicted octanol–water partition coefficient (Wildman–Crippen LogP) is 4.46. The van der Waals surface area contributed by atoms with E-state index < -0.39 is 0 Å². The van der Waals surface area contributed by atoms with E-state index in [1.165, 1.54) is 0 Å². The Morgan fingerprint density at radius 2 is 1.89 bits per heavy atom. The van der Waals surface area contributed by atoms with Crippen molar-refractivity contribution in [3.05, 3.63) is 64.3 Å². The van der Waals surface area contributed by atoms with Gasteiger partial charge >= 0.3 is 0 Å². The highest BCUT2D eigenvalue weighted by atomic mass is 35.5. The Kier molecular flexibility index (Phi) is 4.62. The number of rotatable bonds is 3. The van der Waals surface area contributed by atoms with Crippen LogP contribution in [0, 0.1) is 6.92 Å². The van der Waals surface area contributed by atoms with Gasteiger partial charge in [-0.15, -0.1) is 0 Å². The van der Waals surface area contributed by atoms with E-state index in [1.54, 1.807) is 6.07 Å². The van der Waals surface area contributed by atoms with Crippen LogP contribution < -0.4 is 14.8 Å². The number of fused-ring (bicyclic) bond motifs is 2. The van der Waals surface area contributed by atoms with Gasteiger partial charge in [0.15, 0.2) is 11.5 Å². The number of nitrogens with zero attached hydrogens (tertiary/aromatic N) is 1. The highest BCUT2D eigenvalue weighted by Gasteiger charge is 2.18. The van der Waals surface area contributed by atoms with E-state index >= 15 is 0 Å². The van der Waals surface area contributed by atoms with E-state index in [4.69, 9.17) is 21.1 Å². The van der Waals surface area contributed by atoms with Gasteiger partial charge in [-0.25, -0.2) is 0 Å². The normalized spacial score (nSPS) is 14.0. The number of hydrogen-bond acceptors (Lipinski definition) is 4. The number of carbonyl (C=O) groups excluding carboxylic acids is 1. The first-order valence-electron chi connectivity index (χ1n) is 8.78. The summed E-state index contributed by atoms with van der Waals surface area (Å²) in [6.07, 6.45) is 0. The first kappa shape index (κ1) is 17.6. The Morgan fingerprint density at radius 3 is 2.70 bits per heavy atom. The lowest BCUT2D eigenvalue weighted by Crippen LogP contribution is -2.27. The minimum Gasteiger partial charge on any atom is -0.486 e. The standard InChI is InChI=1S/C21H19ClN2O3/c1-12(14-3-6-19-20(11-14)27-8-7-26-19)24-21(25)17-10-15-9-16(22)4-5-18(15)23-13(17)2/h3-6,9-12H,7-8H2,1-2H3,(H,24,25). The molecule has 1 atom stereocenters. The van der Waals surface area contributed by atoms with Crippen molar-refractivity contribution in [3.63, 3.8) is 0 Å². The highest BCUT2D eigenvalue weighted by molar-refractivity contribution is 6.31. The number of aryl methyl sites for hydroxylation is 1. The molecule has 4 rings (SSSR count). The number of ether oxygens (including phenoxy) is 2. The SMILES string of the molecule is Cc1nc2ccc(Cl)cc2cc1C(=O)NC(C)c1ccc2c(c1)OCCO2. The highest BCUT2D eigenvalue weighted by Crippen LogP contribution is 2.32. The van der Waals surface area contributed by atoms with Crippen LogP contribution in [0.25, 0.3) is 10.9 Å². The number of benzene rings is 2. The van der Waals surface area contributed by atoms with E-state index in [-0.39, 0.29) is 11.9 Å². The fourth-order valence-electron chi connectivity index (χ4n) is 3.16. The Bertz CT molecular complexity index is 1040. The van der Waals surface area contributed by atoms with Crippen LogP contribution in [0.4, 0.5) is 0 Å². The molecule has 3 aromatic rings. The minimum absolute atomic E-state index is 0.177. The molecule has 6 heteroatoms. The van der Waals surface area contributed by atoms with Crippen LogP contribution in [0.2, 0.25) is 5.02 Å². The van der Waals surface area contributed by atoms with E-state index in [2.05, 4.69) is 10.3 Å². The van der Waals surface area contributed by atoms with Gasteiger partial charge in [0.1, 0.15) is 13.2 Å². The van der Waals surface area contributed by atoms with Crippen LogP contribution in [-0.4, -0.2) is 24.1 Å². The van der Waals surface area contributed by atoms with Gasteiger partial charge in [-0.2, -0.15) is 0 Å². The van der Waals surface area contributed by atoms with Gasteiger partial charge in [0.05, 0.1) is 22.8 Å². The van der Waals surface area contributed by atoms with Gasteiger partial charge in [0, 0.05) is 10.4 Å². The number of hydrogen-bond donors (Lipinski definition) is 1. The average Bonchev–Trinajstić information content (AvgIpc) is 2.67. The van der Waals surface area contributed by atoms with E-state index in [0.717, 1.165) is 22.2 Å². The van der Waals surface area contributed by atoms with E-state index in [1.807, 2.05) is 50.2 Å². The number of pyridine rings is 1. The molecule has 0 fully saturated rings. The number of nitrogens with one attached hydrogen (secondary N) is 1. The van der Waals surface area contributed by atoms with Crippen LogP contribution >= 0.6 is 11.6 Å². The molecule has 1 aliphatic heterocycles. The average molecular weight is 383 g/mol. The van der Waals surface area contributed by atoms with Crippen molar-refractivity contribution in [2.24, 2.45) is 0 Å². The van der Waals surface area contributed by atoms with Crippen LogP contribution in [-0.2, 0) is 0 Å². The molecule has 0 saturated heterocycles. The number of aromatic nitrogens is 1. The summed E-state index contributed by atoms with van der Waals surface area (Å²) in [6.45, 7) is 4.85. The molecule has 0 aliphatic carbocycles. The molecule has 1 aromatic heterocycles. The van der Waals surface area contributed by atoms with Crippen molar-refractivity contribution in [2.45, 2.75) is 19.9 Å². The van der Waals surface area contributed by atoms with Crippen molar-refractivity contribution >= 4 is 28.4 Å². The quantitative estimate of drug-likeness (QED) is 0.726. The summed E-state index contributed by atoms with van der Waals surface area (Å²) in [7, 11) is 0. The third kappa shape index (κ3) is 3.55. The van der Waals surface area contributed by atoms with Crippen molar-refractivity contribution in [1.29, 1.82) is 0 Å². The molecule has 1 aliphatic rings. The molecule has 5 nitrogen and oxygen atoms in total. The zero-order valence-corrected chi connectivity index (χ0v) is 15.8. The summed E-state index contributed by atoms with van der Waals surface area (Å²) in [5.74, 6) is 1.26. The summed E-state index contributed by atoms with van der Waals surface area (Å²) in [6, 6.07) is 12.8. The molecular weight excluding hydrogens is 364 g/mol. The maximum absolute atomic E-state index is 12.8. The molecule has 1 amide bonds. The molecule has 2 aromatic carbocycles. The number of amides is 1. The van der Waals surface area contributed by atoms with Crippen LogP contribution in [0.1, 0.15) is 34.6 Å². The Balaban J connectivity index is 1.58. The molecular formula is C21H19ClN2O3. The fraction of sp³-hybridized carbons (Fsp3) is 0.238. The Morgan fingerprint density at radius 1 is 1.11 bits per heavy atom. The summed E-state index contributed by atoms with van der Waals surface area (Å²) in [5, 5.41) is 4.48. The summed E-state index contributed by atoms with van der Waals surface area (Å²) >= 11 is 6.06. The lowest BCUT2D eigenvalue weighted by molar-refractivity contribution is 0.0939. The van der Waals surface area contributed by atoms with E-state index in [9.17, 15) is 4.79 Å². The molecule has 138 valence electrons. The van der Waals surface area contributed by atoms with Gasteiger partial charge in [-0.3, -0.25) is 9.78 Å². The van der Waals surface area contributed by atoms with Crippen LogP contribution in [0.3, 0.4) is 0 Å². The second-order valence-corrected chi connectivity index (χ2v) is 6.99. The van der Waals surface area contributed by atoms with Gasteiger partial charge in [-0.1, -0.05) is 17.7 Å². The van der Waals surface area contributed by atoms with Crippen molar-refractivity contribution in [2.75, 3.05) is 13.2 Å². The zero-order valence-electron chi connectivity index (χ0n) is 15.1. The topological polar surface area (TPSA) is 60.5 Å². The van der Waals surface area contributed by atoms with Crippen LogP contribution in [0.15, 0.2) is 42.5 Å². The zero-order chi connectivity index (χ0) is 19.0. The maximum Gasteiger partial charge on any atom is 0.253 e. The monoisotopic (exact) mass is 382 g/mol. The van der Waals surface area contributed by atoms with Gasteiger partial charge in [0.2, 0.25) is 0 Å². The predicted molar refractivity (Wildman–Crippen MR) is 105 cm³/mol. The number of halogens is 1. The first-order valence-corrected chi connectivity index (χ1v) is 9.16. The van der Waals surface area contributed by atoms with Crippen molar-refractivity contribution < 1.29 is 14.3 Å².